The Morgan fingerprint density at radius 2 is 1.76 bits per heavy atom. The third-order valence-corrected chi connectivity index (χ3v) is 6.13. The fraction of sp³-hybridized carbons (Fsp3) is 0.240. The van der Waals surface area contributed by atoms with Crippen LogP contribution >= 0.6 is 11.8 Å². The summed E-state index contributed by atoms with van der Waals surface area (Å²) in [4.78, 5) is 12.5. The van der Waals surface area contributed by atoms with Gasteiger partial charge < -0.3 is 19.4 Å². The lowest BCUT2D eigenvalue weighted by atomic mass is 10.1. The molecule has 8 heteroatoms. The molecule has 1 aromatic heterocycles. The summed E-state index contributed by atoms with van der Waals surface area (Å²) in [7, 11) is 1.61. The first-order chi connectivity index (χ1) is 16.1. The number of carbonyl (C=O) groups excluding carboxylic acids is 1. The first-order valence-corrected chi connectivity index (χ1v) is 11.7. The summed E-state index contributed by atoms with van der Waals surface area (Å²) in [5.41, 5.74) is 0.774. The maximum atomic E-state index is 12.5. The predicted octanol–water partition coefficient (Wildman–Crippen LogP) is 5.33. The van der Waals surface area contributed by atoms with E-state index < -0.39 is 0 Å². The standard InChI is InChI=1S/C25H26N4O3S/c1-4-29-24(17(2)32-22-12-8-7-11-21(22)31-3)27-28-25(29)33-16-23(30)26-20-14-13-18-9-5-6-10-19(18)15-20/h5-15,17H,4,16H2,1-3H3,(H,26,30). The number of rotatable bonds is 9. The second-order valence-corrected chi connectivity index (χ2v) is 8.34. The van der Waals surface area contributed by atoms with Crippen molar-refractivity contribution in [2.75, 3.05) is 18.2 Å². The Balaban J connectivity index is 1.40. The lowest BCUT2D eigenvalue weighted by molar-refractivity contribution is -0.113. The molecule has 7 nitrogen and oxygen atoms in total. The molecule has 0 spiro atoms. The number of ether oxygens (including phenoxy) is 2. The Morgan fingerprint density at radius 1 is 1.03 bits per heavy atom. The molecule has 1 unspecified atom stereocenters. The fourth-order valence-corrected chi connectivity index (χ4v) is 4.37. The van der Waals surface area contributed by atoms with Crippen molar-refractivity contribution in [2.45, 2.75) is 31.7 Å². The molecular weight excluding hydrogens is 436 g/mol. The van der Waals surface area contributed by atoms with Crippen LogP contribution in [0.5, 0.6) is 11.5 Å². The highest BCUT2D eigenvalue weighted by Gasteiger charge is 2.20. The van der Waals surface area contributed by atoms with Crippen LogP contribution < -0.4 is 14.8 Å². The number of benzene rings is 3. The highest BCUT2D eigenvalue weighted by molar-refractivity contribution is 7.99. The first kappa shape index (κ1) is 22.7. The van der Waals surface area contributed by atoms with Crippen LogP contribution in [0, 0.1) is 0 Å². The van der Waals surface area contributed by atoms with Gasteiger partial charge in [-0.1, -0.05) is 54.2 Å². The number of nitrogens with one attached hydrogen (secondary N) is 1. The van der Waals surface area contributed by atoms with Crippen molar-refractivity contribution >= 4 is 34.1 Å². The summed E-state index contributed by atoms with van der Waals surface area (Å²) >= 11 is 1.35. The average molecular weight is 463 g/mol. The Hall–Kier alpha value is -3.52. The summed E-state index contributed by atoms with van der Waals surface area (Å²) in [5.74, 6) is 2.13. The molecule has 1 amide bonds. The Morgan fingerprint density at radius 3 is 2.52 bits per heavy atom. The zero-order chi connectivity index (χ0) is 23.2. The molecule has 0 aliphatic heterocycles. The Bertz CT molecular complexity index is 1260. The van der Waals surface area contributed by atoms with Crippen molar-refractivity contribution in [1.82, 2.24) is 14.8 Å². The van der Waals surface area contributed by atoms with Crippen LogP contribution in [0.15, 0.2) is 71.9 Å². The molecule has 4 aromatic rings. The summed E-state index contributed by atoms with van der Waals surface area (Å²) in [6.45, 7) is 4.60. The van der Waals surface area contributed by atoms with Gasteiger partial charge in [0.25, 0.3) is 0 Å². The SMILES string of the molecule is CCn1c(SCC(=O)Nc2ccc3ccccc3c2)nnc1C(C)Oc1ccccc1OC. The normalized spacial score (nSPS) is 11.8. The zero-order valence-electron chi connectivity index (χ0n) is 18.8. The molecule has 4 rings (SSSR count). The number of hydrogen-bond acceptors (Lipinski definition) is 6. The van der Waals surface area contributed by atoms with Gasteiger partial charge in [0, 0.05) is 12.2 Å². The maximum absolute atomic E-state index is 12.5. The van der Waals surface area contributed by atoms with Gasteiger partial charge in [0.05, 0.1) is 12.9 Å². The zero-order valence-corrected chi connectivity index (χ0v) is 19.6. The molecule has 0 bridgehead atoms. The number of amides is 1. The van der Waals surface area contributed by atoms with Gasteiger partial charge in [0.2, 0.25) is 5.91 Å². The smallest absolute Gasteiger partial charge is 0.234 e. The number of hydrogen-bond donors (Lipinski definition) is 1. The molecular formula is C25H26N4O3S. The van der Waals surface area contributed by atoms with E-state index in [4.69, 9.17) is 9.47 Å². The molecule has 0 radical (unpaired) electrons. The second kappa shape index (κ2) is 10.4. The highest BCUT2D eigenvalue weighted by atomic mass is 32.2. The number of fused-ring (bicyclic) bond motifs is 1. The van der Waals surface area contributed by atoms with Gasteiger partial charge in [-0.2, -0.15) is 0 Å². The number of anilines is 1. The van der Waals surface area contributed by atoms with Gasteiger partial charge in [-0.15, -0.1) is 10.2 Å². The van der Waals surface area contributed by atoms with Crippen LogP contribution in [0.25, 0.3) is 10.8 Å². The van der Waals surface area contributed by atoms with E-state index in [1.807, 2.05) is 85.1 Å². The topological polar surface area (TPSA) is 78.3 Å². The van der Waals surface area contributed by atoms with Crippen molar-refractivity contribution < 1.29 is 14.3 Å². The van der Waals surface area contributed by atoms with E-state index in [-0.39, 0.29) is 17.8 Å². The van der Waals surface area contributed by atoms with Crippen molar-refractivity contribution in [3.05, 3.63) is 72.6 Å². The molecule has 0 saturated heterocycles. The quantitative estimate of drug-likeness (QED) is 0.339. The second-order valence-electron chi connectivity index (χ2n) is 7.39. The van der Waals surface area contributed by atoms with E-state index in [1.165, 1.54) is 11.8 Å². The van der Waals surface area contributed by atoms with E-state index >= 15 is 0 Å². The average Bonchev–Trinajstić information content (AvgIpc) is 3.26. The maximum Gasteiger partial charge on any atom is 0.234 e. The van der Waals surface area contributed by atoms with Gasteiger partial charge >= 0.3 is 0 Å². The minimum Gasteiger partial charge on any atom is -0.493 e. The number of thioether (sulfide) groups is 1. The van der Waals surface area contributed by atoms with Crippen LogP contribution in [-0.4, -0.2) is 33.5 Å². The lowest BCUT2D eigenvalue weighted by Gasteiger charge is -2.17. The minimum absolute atomic E-state index is 0.0965. The molecule has 1 heterocycles. The lowest BCUT2D eigenvalue weighted by Crippen LogP contribution is -2.15. The monoisotopic (exact) mass is 462 g/mol. The Kier molecular flexibility index (Phi) is 7.14. The van der Waals surface area contributed by atoms with Crippen molar-refractivity contribution in [3.63, 3.8) is 0 Å². The molecule has 1 atom stereocenters. The van der Waals surface area contributed by atoms with Gasteiger partial charge in [0.15, 0.2) is 28.6 Å². The van der Waals surface area contributed by atoms with E-state index in [2.05, 4.69) is 15.5 Å². The van der Waals surface area contributed by atoms with Gasteiger partial charge in [-0.3, -0.25) is 4.79 Å². The van der Waals surface area contributed by atoms with Gasteiger partial charge in [-0.05, 0) is 48.9 Å². The molecule has 0 saturated carbocycles. The third-order valence-electron chi connectivity index (χ3n) is 5.16. The van der Waals surface area contributed by atoms with E-state index in [9.17, 15) is 4.79 Å². The number of nitrogens with zero attached hydrogens (tertiary/aromatic N) is 3. The molecule has 170 valence electrons. The molecule has 0 aliphatic rings. The molecule has 3 aromatic carbocycles. The highest BCUT2D eigenvalue weighted by Crippen LogP contribution is 2.31. The predicted molar refractivity (Wildman–Crippen MR) is 131 cm³/mol. The van der Waals surface area contributed by atoms with Crippen LogP contribution in [0.2, 0.25) is 0 Å². The number of carbonyl (C=O) groups is 1. The van der Waals surface area contributed by atoms with Gasteiger partial charge in [-0.25, -0.2) is 0 Å². The number of para-hydroxylation sites is 2. The summed E-state index contributed by atoms with van der Waals surface area (Å²) in [6, 6.07) is 21.4. The summed E-state index contributed by atoms with van der Waals surface area (Å²) < 4.78 is 13.4. The van der Waals surface area contributed by atoms with E-state index in [0.29, 0.717) is 29.0 Å². The number of aromatic nitrogens is 3. The van der Waals surface area contributed by atoms with Gasteiger partial charge in [0.1, 0.15) is 0 Å². The molecule has 0 fully saturated rings. The third kappa shape index (κ3) is 5.28. The fourth-order valence-electron chi connectivity index (χ4n) is 3.56. The van der Waals surface area contributed by atoms with Crippen LogP contribution in [-0.2, 0) is 11.3 Å². The molecule has 1 N–H and O–H groups in total. The van der Waals surface area contributed by atoms with Crippen molar-refractivity contribution in [1.29, 1.82) is 0 Å². The van der Waals surface area contributed by atoms with Crippen molar-refractivity contribution in [2.24, 2.45) is 0 Å². The van der Waals surface area contributed by atoms with Crippen LogP contribution in [0.3, 0.4) is 0 Å². The van der Waals surface area contributed by atoms with E-state index in [1.54, 1.807) is 7.11 Å². The first-order valence-electron chi connectivity index (χ1n) is 10.7. The van der Waals surface area contributed by atoms with Crippen molar-refractivity contribution in [3.8, 4) is 11.5 Å². The van der Waals surface area contributed by atoms with Crippen LogP contribution in [0.4, 0.5) is 5.69 Å². The summed E-state index contributed by atoms with van der Waals surface area (Å²) in [5, 5.41) is 14.5. The number of methoxy groups -OCH3 is 1. The van der Waals surface area contributed by atoms with Crippen LogP contribution in [0.1, 0.15) is 25.8 Å². The Labute approximate surface area is 197 Å². The molecule has 0 aliphatic carbocycles. The molecule has 33 heavy (non-hydrogen) atoms. The largest absolute Gasteiger partial charge is 0.493 e. The summed E-state index contributed by atoms with van der Waals surface area (Å²) in [6.07, 6.45) is -0.338. The minimum atomic E-state index is -0.338. The van der Waals surface area contributed by atoms with E-state index in [0.717, 1.165) is 16.5 Å².